The van der Waals surface area contributed by atoms with Gasteiger partial charge in [-0.15, -0.1) is 0 Å². The largest absolute Gasteiger partial charge is 0.507 e. The Bertz CT molecular complexity index is 2660. The normalized spacial score (nSPS) is 30.0. The lowest BCUT2D eigenvalue weighted by molar-refractivity contribution is -0.212. The van der Waals surface area contributed by atoms with E-state index in [2.05, 4.69) is 22.5 Å². The van der Waals surface area contributed by atoms with Crippen LogP contribution in [0, 0.1) is 35.5 Å². The van der Waals surface area contributed by atoms with Gasteiger partial charge in [0.25, 0.3) is 0 Å². The van der Waals surface area contributed by atoms with Crippen LogP contribution in [0.2, 0.25) is 0 Å². The van der Waals surface area contributed by atoms with E-state index in [4.69, 9.17) is 14.2 Å². The highest BCUT2D eigenvalue weighted by Crippen LogP contribution is 2.56. The minimum atomic E-state index is -1.65. The van der Waals surface area contributed by atoms with E-state index in [1.54, 1.807) is 13.1 Å². The molecular formula is C60H76N2O12. The molecule has 9 rings (SSSR count). The Balaban J connectivity index is 1.27. The van der Waals surface area contributed by atoms with E-state index in [0.29, 0.717) is 64.9 Å². The zero-order valence-electron chi connectivity index (χ0n) is 43.4. The molecule has 3 aliphatic heterocycles. The summed E-state index contributed by atoms with van der Waals surface area (Å²) >= 11 is 0. The van der Waals surface area contributed by atoms with E-state index in [0.717, 1.165) is 49.7 Å². The monoisotopic (exact) mass is 1020 g/mol. The average molecular weight is 1020 g/mol. The maximum Gasteiger partial charge on any atom is 0.334 e. The topological polar surface area (TPSA) is 224 Å². The minimum absolute atomic E-state index is 0.0476. The maximum atomic E-state index is 15.6. The van der Waals surface area contributed by atoms with Crippen molar-refractivity contribution in [2.75, 3.05) is 39.2 Å². The summed E-state index contributed by atoms with van der Waals surface area (Å²) in [6, 6.07) is 15.1. The van der Waals surface area contributed by atoms with Gasteiger partial charge in [-0.3, -0.25) is 9.59 Å². The molecule has 12 unspecified atom stereocenters. The van der Waals surface area contributed by atoms with E-state index in [1.807, 2.05) is 49.4 Å². The number of anilines is 1. The Morgan fingerprint density at radius 1 is 0.919 bits per heavy atom. The number of aliphatic hydroxyl groups excluding tert-OH is 3. The van der Waals surface area contributed by atoms with Crippen LogP contribution in [0.3, 0.4) is 0 Å². The second-order valence-corrected chi connectivity index (χ2v) is 22.5. The summed E-state index contributed by atoms with van der Waals surface area (Å²) in [7, 11) is 3.15. The van der Waals surface area contributed by atoms with Gasteiger partial charge >= 0.3 is 11.9 Å². The number of phenols is 1. The maximum absolute atomic E-state index is 15.6. The molecule has 0 spiro atoms. The zero-order valence-corrected chi connectivity index (χ0v) is 43.4. The van der Waals surface area contributed by atoms with Gasteiger partial charge in [0, 0.05) is 73.7 Å². The van der Waals surface area contributed by atoms with E-state index in [-0.39, 0.29) is 92.6 Å². The van der Waals surface area contributed by atoms with Crippen LogP contribution < -0.4 is 15.4 Å². The summed E-state index contributed by atoms with van der Waals surface area (Å²) in [6.07, 6.45) is 4.20. The van der Waals surface area contributed by atoms with Crippen LogP contribution in [0.1, 0.15) is 154 Å². The van der Waals surface area contributed by atoms with Crippen LogP contribution in [0.15, 0.2) is 60.2 Å². The Kier molecular flexibility index (Phi) is 16.4. The number of nitrogens with one attached hydrogen (secondary N) is 2. The van der Waals surface area contributed by atoms with Gasteiger partial charge in [0.05, 0.1) is 31.2 Å². The summed E-state index contributed by atoms with van der Waals surface area (Å²) < 4.78 is 18.2. The lowest BCUT2D eigenvalue weighted by Gasteiger charge is -2.56. The molecule has 3 aromatic carbocycles. The Morgan fingerprint density at radius 3 is 2.42 bits per heavy atom. The Hall–Kier alpha value is -5.11. The molecule has 74 heavy (non-hydrogen) atoms. The first-order valence-electron chi connectivity index (χ1n) is 27.1. The number of phenolic OH excluding ortho intramolecular Hbond substituents is 1. The summed E-state index contributed by atoms with van der Waals surface area (Å²) in [5, 5.41) is 78.6. The van der Waals surface area contributed by atoms with Gasteiger partial charge in [0.1, 0.15) is 40.7 Å². The Labute approximate surface area is 435 Å². The van der Waals surface area contributed by atoms with E-state index >= 15 is 4.79 Å². The number of rotatable bonds is 12. The van der Waals surface area contributed by atoms with Gasteiger partial charge in [0.15, 0.2) is 0 Å². The highest BCUT2D eigenvalue weighted by atomic mass is 16.6. The van der Waals surface area contributed by atoms with Crippen molar-refractivity contribution in [1.82, 2.24) is 5.32 Å². The van der Waals surface area contributed by atoms with Crippen molar-refractivity contribution < 1.29 is 59.2 Å². The summed E-state index contributed by atoms with van der Waals surface area (Å²) in [5.74, 6) is 3.04. The molecule has 3 heterocycles. The van der Waals surface area contributed by atoms with Crippen LogP contribution in [-0.4, -0.2) is 112 Å². The summed E-state index contributed by atoms with van der Waals surface area (Å²) in [5.41, 5.74) is 1.74. The zero-order chi connectivity index (χ0) is 52.5. The average Bonchev–Trinajstić information content (AvgIpc) is 3.38. The molecule has 6 aliphatic rings. The van der Waals surface area contributed by atoms with Crippen molar-refractivity contribution >= 4 is 23.4 Å². The van der Waals surface area contributed by atoms with Crippen molar-refractivity contribution in [3.8, 4) is 23.3 Å². The fraction of sp³-hybridized carbons (Fsp3) is 0.583. The molecule has 12 atom stereocenters. The van der Waals surface area contributed by atoms with Crippen molar-refractivity contribution in [3.05, 3.63) is 99.1 Å². The van der Waals surface area contributed by atoms with Gasteiger partial charge < -0.3 is 55.5 Å². The number of aliphatic hydroxyl groups is 5. The summed E-state index contributed by atoms with van der Waals surface area (Å²) in [4.78, 5) is 43.5. The third kappa shape index (κ3) is 11.1. The van der Waals surface area contributed by atoms with Gasteiger partial charge in [-0.05, 0) is 135 Å². The first-order chi connectivity index (χ1) is 35.5. The van der Waals surface area contributed by atoms with Gasteiger partial charge in [-0.2, -0.15) is 0 Å². The van der Waals surface area contributed by atoms with Crippen molar-refractivity contribution in [2.45, 2.75) is 164 Å². The number of carbonyl (C=O) groups is 3. The van der Waals surface area contributed by atoms with Crippen molar-refractivity contribution in [2.24, 2.45) is 23.7 Å². The van der Waals surface area contributed by atoms with Crippen LogP contribution in [0.25, 0.3) is 0 Å². The van der Waals surface area contributed by atoms with Crippen LogP contribution >= 0.6 is 0 Å². The third-order valence-electron chi connectivity index (χ3n) is 17.5. The first kappa shape index (κ1) is 53.7. The standard InChI is InChI=1S/C60H76N2O12/c1-5-43-16-17-46-48-22-35-11-9-10-34(20-35)21-45(63)27-42-23-37(39-24-40(51(65)31-61-3)26-44(25-39)62-33-59(2,70)52(66)32-72-4)14-15-38-30-54(67)74-57-47(38)28-41(56(68)55(57)36-12-7-6-8-13-36)29-53(73-58(42)69)60(43,71)49(46)18-19-50(48)64/h9-11,20,24-28,36-38,43,45-46,48-49,51-53,61-63,65-66,68,70-71H,5-8,12-13,16-19,21-23,29-33H2,1-4H3. The summed E-state index contributed by atoms with van der Waals surface area (Å²) in [6.45, 7) is 3.49. The number of hydrogen-bond donors (Lipinski definition) is 8. The van der Waals surface area contributed by atoms with Crippen molar-refractivity contribution in [1.29, 1.82) is 0 Å². The number of benzene rings is 3. The molecule has 14 heteroatoms. The molecule has 0 aromatic heterocycles. The number of methoxy groups -OCH3 is 1. The number of ketones is 1. The Morgan fingerprint density at radius 2 is 1.68 bits per heavy atom. The lowest BCUT2D eigenvalue weighted by Crippen LogP contribution is -2.63. The molecule has 0 saturated heterocycles. The second-order valence-electron chi connectivity index (χ2n) is 22.5. The second kappa shape index (κ2) is 22.6. The first-order valence-corrected chi connectivity index (χ1v) is 27.1. The molecule has 398 valence electrons. The van der Waals surface area contributed by atoms with Crippen LogP contribution in [0.5, 0.6) is 11.5 Å². The third-order valence-corrected chi connectivity index (χ3v) is 17.5. The number of Topliss-reactive ketones (excluding diaryl/α,β-unsaturated/α-hetero) is 1. The van der Waals surface area contributed by atoms with Crippen LogP contribution in [-0.2, 0) is 43.1 Å². The molecule has 14 nitrogen and oxygen atoms in total. The molecule has 10 bridgehead atoms. The molecule has 0 amide bonds. The molecule has 3 fully saturated rings. The molecule has 3 aromatic rings. The van der Waals surface area contributed by atoms with Gasteiger partial charge in [-0.25, -0.2) is 4.79 Å². The predicted molar refractivity (Wildman–Crippen MR) is 279 cm³/mol. The highest BCUT2D eigenvalue weighted by Gasteiger charge is 2.59. The number of aromatic hydroxyl groups is 1. The minimum Gasteiger partial charge on any atom is -0.507 e. The molecule has 3 saturated carbocycles. The molecule has 8 N–H and O–H groups in total. The number of hydrogen-bond acceptors (Lipinski definition) is 14. The molecular weight excluding hydrogens is 941 g/mol. The molecule has 3 aliphatic carbocycles. The number of esters is 2. The van der Waals surface area contributed by atoms with Gasteiger partial charge in [-0.1, -0.05) is 74.8 Å². The smallest absolute Gasteiger partial charge is 0.334 e. The number of carbonyl (C=O) groups excluding carboxylic acids is 3. The SMILES string of the molecule is CCC1CCC2C3Cc4cccc(c4)CC(O)C=C4CC(c5cc(NCC(C)(O)C(O)COC)cc(C(O)CNC)c5)C#CC5CC(=O)Oc6c5cc(c(O)c6C5CCCCC5)CC(OC4=O)C1(O)C2CCC3=O. The fourth-order valence-electron chi connectivity index (χ4n) is 13.5. The van der Waals surface area contributed by atoms with E-state index < -0.39 is 65.3 Å². The van der Waals surface area contributed by atoms with E-state index in [9.17, 15) is 40.2 Å². The fourth-order valence-corrected chi connectivity index (χ4v) is 13.5. The van der Waals surface area contributed by atoms with E-state index in [1.165, 1.54) is 20.1 Å². The van der Waals surface area contributed by atoms with Crippen molar-refractivity contribution in [3.63, 3.8) is 0 Å². The highest BCUT2D eigenvalue weighted by molar-refractivity contribution is 5.89. The lowest BCUT2D eigenvalue weighted by atomic mass is 9.53. The molecule has 0 radical (unpaired) electrons. The van der Waals surface area contributed by atoms with Gasteiger partial charge in [0.2, 0.25) is 0 Å². The number of fused-ring (bicyclic) bond motifs is 7. The number of ether oxygens (including phenoxy) is 3. The van der Waals surface area contributed by atoms with Crippen LogP contribution in [0.4, 0.5) is 5.69 Å². The number of likely N-dealkylation sites (N-methyl/N-ethyl adjacent to an activating group) is 1. The predicted octanol–water partition coefficient (Wildman–Crippen LogP) is 6.75. The quantitative estimate of drug-likeness (QED) is 0.0534.